The molecule has 136 valence electrons. The van der Waals surface area contributed by atoms with Crippen LogP contribution >= 0.6 is 24.0 Å². The maximum atomic E-state index is 5.96. The molecular weight excluding hydrogens is 417 g/mol. The van der Waals surface area contributed by atoms with E-state index in [1.807, 2.05) is 6.07 Å². The second-order valence-corrected chi connectivity index (χ2v) is 6.42. The summed E-state index contributed by atoms with van der Waals surface area (Å²) in [6, 6.07) is 8.34. The summed E-state index contributed by atoms with van der Waals surface area (Å²) in [5.74, 6) is 1.05. The van der Waals surface area contributed by atoms with Gasteiger partial charge in [0.25, 0.3) is 0 Å². The molecule has 1 aliphatic rings. The topological polar surface area (TPSA) is 68.9 Å². The molecule has 6 heteroatoms. The van der Waals surface area contributed by atoms with E-state index >= 15 is 0 Å². The lowest BCUT2D eigenvalue weighted by atomic mass is 10.1. The number of nitrogens with two attached hydrogens (primary N) is 1. The van der Waals surface area contributed by atoms with Crippen LogP contribution in [0.5, 0.6) is 0 Å². The predicted molar refractivity (Wildman–Crippen MR) is 109 cm³/mol. The largest absolute Gasteiger partial charge is 0.381 e. The SMILES string of the molecule is CC(C)CNC(N)=NCc1cccc(COC2CCOCC2)c1.I. The van der Waals surface area contributed by atoms with Gasteiger partial charge in [0, 0.05) is 19.8 Å². The minimum atomic E-state index is 0. The average Bonchev–Trinajstić information content (AvgIpc) is 2.57. The van der Waals surface area contributed by atoms with E-state index in [1.165, 1.54) is 5.56 Å². The van der Waals surface area contributed by atoms with E-state index < -0.39 is 0 Å². The Balaban J connectivity index is 0.00000288. The number of rotatable bonds is 7. The number of ether oxygens (including phenoxy) is 2. The molecular formula is C18H30IN3O2. The van der Waals surface area contributed by atoms with E-state index in [9.17, 15) is 0 Å². The van der Waals surface area contributed by atoms with Crippen molar-refractivity contribution in [2.24, 2.45) is 16.6 Å². The summed E-state index contributed by atoms with van der Waals surface area (Å²) in [6.45, 7) is 7.97. The van der Waals surface area contributed by atoms with Crippen LogP contribution in [-0.4, -0.2) is 31.8 Å². The fourth-order valence-corrected chi connectivity index (χ4v) is 2.42. The number of aliphatic imine (C=N–C) groups is 1. The summed E-state index contributed by atoms with van der Waals surface area (Å²) in [5, 5.41) is 3.13. The summed E-state index contributed by atoms with van der Waals surface area (Å²) >= 11 is 0. The number of nitrogens with zero attached hydrogens (tertiary/aromatic N) is 1. The first-order chi connectivity index (χ1) is 11.1. The second kappa shape index (κ2) is 11.7. The van der Waals surface area contributed by atoms with Gasteiger partial charge < -0.3 is 20.5 Å². The molecule has 1 saturated heterocycles. The highest BCUT2D eigenvalue weighted by molar-refractivity contribution is 14.0. The molecule has 0 aromatic heterocycles. The number of halogens is 1. The molecule has 0 amide bonds. The van der Waals surface area contributed by atoms with Crippen molar-refractivity contribution in [2.45, 2.75) is 45.9 Å². The smallest absolute Gasteiger partial charge is 0.188 e. The van der Waals surface area contributed by atoms with Gasteiger partial charge in [0.05, 0.1) is 19.3 Å². The Morgan fingerprint density at radius 2 is 2.04 bits per heavy atom. The first kappa shape index (κ1) is 21.2. The molecule has 0 unspecified atom stereocenters. The fraction of sp³-hybridized carbons (Fsp3) is 0.611. The van der Waals surface area contributed by atoms with Crippen molar-refractivity contribution in [1.82, 2.24) is 5.32 Å². The van der Waals surface area contributed by atoms with Gasteiger partial charge in [-0.05, 0) is 29.9 Å². The normalized spacial score (nSPS) is 16.0. The van der Waals surface area contributed by atoms with Gasteiger partial charge >= 0.3 is 0 Å². The monoisotopic (exact) mass is 447 g/mol. The van der Waals surface area contributed by atoms with Crippen LogP contribution in [0.4, 0.5) is 0 Å². The summed E-state index contributed by atoms with van der Waals surface area (Å²) in [7, 11) is 0. The Kier molecular flexibility index (Phi) is 10.3. The Labute approximate surface area is 162 Å². The number of hydrogen-bond donors (Lipinski definition) is 2. The molecule has 1 aromatic rings. The number of hydrogen-bond acceptors (Lipinski definition) is 3. The maximum absolute atomic E-state index is 5.96. The fourth-order valence-electron chi connectivity index (χ4n) is 2.42. The summed E-state index contributed by atoms with van der Waals surface area (Å²) < 4.78 is 11.3. The van der Waals surface area contributed by atoms with Crippen LogP contribution in [0.3, 0.4) is 0 Å². The zero-order valence-corrected chi connectivity index (χ0v) is 17.0. The van der Waals surface area contributed by atoms with Gasteiger partial charge in [-0.2, -0.15) is 0 Å². The predicted octanol–water partition coefficient (Wildman–Crippen LogP) is 3.06. The van der Waals surface area contributed by atoms with Crippen LogP contribution in [0.15, 0.2) is 29.3 Å². The van der Waals surface area contributed by atoms with Gasteiger partial charge in [-0.3, -0.25) is 0 Å². The minimum absolute atomic E-state index is 0. The van der Waals surface area contributed by atoms with E-state index in [4.69, 9.17) is 15.2 Å². The summed E-state index contributed by atoms with van der Waals surface area (Å²) in [5.41, 5.74) is 8.19. The lowest BCUT2D eigenvalue weighted by molar-refractivity contribution is -0.0390. The average molecular weight is 447 g/mol. The molecule has 0 bridgehead atoms. The molecule has 0 atom stereocenters. The molecule has 1 fully saturated rings. The van der Waals surface area contributed by atoms with E-state index in [1.54, 1.807) is 0 Å². The molecule has 0 saturated carbocycles. The molecule has 0 radical (unpaired) electrons. The molecule has 24 heavy (non-hydrogen) atoms. The molecule has 0 aliphatic carbocycles. The van der Waals surface area contributed by atoms with Gasteiger partial charge in [0.15, 0.2) is 5.96 Å². The first-order valence-electron chi connectivity index (χ1n) is 8.44. The molecule has 1 heterocycles. The lowest BCUT2D eigenvalue weighted by Crippen LogP contribution is -2.34. The number of guanidine groups is 1. The lowest BCUT2D eigenvalue weighted by Gasteiger charge is -2.22. The highest BCUT2D eigenvalue weighted by Crippen LogP contribution is 2.14. The van der Waals surface area contributed by atoms with E-state index in [0.29, 0.717) is 31.1 Å². The number of benzene rings is 1. The Bertz CT molecular complexity index is 503. The molecule has 3 N–H and O–H groups in total. The van der Waals surface area contributed by atoms with Crippen molar-refractivity contribution in [1.29, 1.82) is 0 Å². The van der Waals surface area contributed by atoms with E-state index in [0.717, 1.165) is 38.2 Å². The second-order valence-electron chi connectivity index (χ2n) is 6.42. The highest BCUT2D eigenvalue weighted by Gasteiger charge is 2.13. The minimum Gasteiger partial charge on any atom is -0.381 e. The van der Waals surface area contributed by atoms with Gasteiger partial charge in [0.2, 0.25) is 0 Å². The summed E-state index contributed by atoms with van der Waals surface area (Å²) in [6.07, 6.45) is 2.30. The third-order valence-corrected chi connectivity index (χ3v) is 3.77. The van der Waals surface area contributed by atoms with Crippen LogP contribution in [0.2, 0.25) is 0 Å². The third kappa shape index (κ3) is 8.30. The molecule has 1 aliphatic heterocycles. The quantitative estimate of drug-likeness (QED) is 0.383. The Morgan fingerprint density at radius 1 is 1.33 bits per heavy atom. The van der Waals surface area contributed by atoms with Gasteiger partial charge in [-0.1, -0.05) is 38.1 Å². The standard InChI is InChI=1S/C18H29N3O2.HI/c1-14(2)11-20-18(19)21-12-15-4-3-5-16(10-15)13-23-17-6-8-22-9-7-17;/h3-5,10,14,17H,6-9,11-13H2,1-2H3,(H3,19,20,21);1H. The maximum Gasteiger partial charge on any atom is 0.188 e. The zero-order valence-electron chi connectivity index (χ0n) is 14.7. The van der Waals surface area contributed by atoms with Gasteiger partial charge in [0.1, 0.15) is 0 Å². The van der Waals surface area contributed by atoms with Crippen LogP contribution in [-0.2, 0) is 22.6 Å². The van der Waals surface area contributed by atoms with Crippen LogP contribution < -0.4 is 11.1 Å². The van der Waals surface area contributed by atoms with Crippen molar-refractivity contribution >= 4 is 29.9 Å². The van der Waals surface area contributed by atoms with Crippen molar-refractivity contribution < 1.29 is 9.47 Å². The molecule has 5 nitrogen and oxygen atoms in total. The van der Waals surface area contributed by atoms with Crippen LogP contribution in [0.1, 0.15) is 37.8 Å². The van der Waals surface area contributed by atoms with Crippen LogP contribution in [0.25, 0.3) is 0 Å². The van der Waals surface area contributed by atoms with E-state index in [2.05, 4.69) is 42.4 Å². The van der Waals surface area contributed by atoms with Crippen molar-refractivity contribution in [2.75, 3.05) is 19.8 Å². The molecule has 1 aromatic carbocycles. The first-order valence-corrected chi connectivity index (χ1v) is 8.44. The van der Waals surface area contributed by atoms with Crippen molar-refractivity contribution in [3.05, 3.63) is 35.4 Å². The Morgan fingerprint density at radius 3 is 2.75 bits per heavy atom. The molecule has 0 spiro atoms. The Hall–Kier alpha value is -0.860. The van der Waals surface area contributed by atoms with Gasteiger partial charge in [-0.25, -0.2) is 4.99 Å². The van der Waals surface area contributed by atoms with Crippen molar-refractivity contribution in [3.63, 3.8) is 0 Å². The zero-order chi connectivity index (χ0) is 16.5. The van der Waals surface area contributed by atoms with E-state index in [-0.39, 0.29) is 24.0 Å². The van der Waals surface area contributed by atoms with Gasteiger partial charge in [-0.15, -0.1) is 24.0 Å². The van der Waals surface area contributed by atoms with Crippen LogP contribution in [0, 0.1) is 5.92 Å². The number of nitrogens with one attached hydrogen (secondary N) is 1. The third-order valence-electron chi connectivity index (χ3n) is 3.77. The highest BCUT2D eigenvalue weighted by atomic mass is 127. The van der Waals surface area contributed by atoms with Crippen molar-refractivity contribution in [3.8, 4) is 0 Å². The molecule has 2 rings (SSSR count). The summed E-state index contributed by atoms with van der Waals surface area (Å²) in [4.78, 5) is 4.38.